The fraction of sp³-hybridized carbons (Fsp3) is 0.385. The summed E-state index contributed by atoms with van der Waals surface area (Å²) in [5.41, 5.74) is 0.909. The van der Waals surface area contributed by atoms with E-state index in [1.54, 1.807) is 19.9 Å². The van der Waals surface area contributed by atoms with Crippen molar-refractivity contribution in [2.24, 2.45) is 0 Å². The topological polar surface area (TPSA) is 67.4 Å². The van der Waals surface area contributed by atoms with Gasteiger partial charge in [0.25, 0.3) is 5.91 Å². The van der Waals surface area contributed by atoms with Crippen LogP contribution >= 0.6 is 15.9 Å². The van der Waals surface area contributed by atoms with Gasteiger partial charge in [0, 0.05) is 11.0 Å². The Hall–Kier alpha value is -1.56. The van der Waals surface area contributed by atoms with Crippen LogP contribution in [0.3, 0.4) is 0 Å². The molecule has 0 heterocycles. The van der Waals surface area contributed by atoms with Gasteiger partial charge in [0.15, 0.2) is 6.10 Å². The predicted molar refractivity (Wildman–Crippen MR) is 76.2 cm³/mol. The van der Waals surface area contributed by atoms with E-state index in [4.69, 9.17) is 4.74 Å². The Bertz CT molecular complexity index is 477. The molecular formula is C13H17BrN2O3. The zero-order valence-electron chi connectivity index (χ0n) is 11.1. The second-order valence-electron chi connectivity index (χ2n) is 4.02. The molecule has 6 heteroatoms. The monoisotopic (exact) mass is 328 g/mol. The van der Waals surface area contributed by atoms with Gasteiger partial charge in [-0.3, -0.25) is 10.1 Å². The van der Waals surface area contributed by atoms with E-state index in [0.717, 1.165) is 10.0 Å². The summed E-state index contributed by atoms with van der Waals surface area (Å²) >= 11 is 3.35. The molecule has 0 saturated carbocycles. The van der Waals surface area contributed by atoms with Crippen LogP contribution in [0, 0.1) is 6.92 Å². The van der Waals surface area contributed by atoms with E-state index < -0.39 is 18.0 Å². The Balaban J connectivity index is 2.61. The molecule has 5 nitrogen and oxygen atoms in total. The number of benzene rings is 1. The van der Waals surface area contributed by atoms with E-state index in [9.17, 15) is 9.59 Å². The van der Waals surface area contributed by atoms with Gasteiger partial charge < -0.3 is 10.1 Å². The average Bonchev–Trinajstić information content (AvgIpc) is 2.32. The highest BCUT2D eigenvalue weighted by molar-refractivity contribution is 9.10. The molecule has 0 bridgehead atoms. The van der Waals surface area contributed by atoms with E-state index >= 15 is 0 Å². The summed E-state index contributed by atoms with van der Waals surface area (Å²) in [7, 11) is 0. The van der Waals surface area contributed by atoms with Crippen LogP contribution in [0.5, 0.6) is 5.75 Å². The second-order valence-corrected chi connectivity index (χ2v) is 4.93. The zero-order valence-corrected chi connectivity index (χ0v) is 12.7. The van der Waals surface area contributed by atoms with Crippen molar-refractivity contribution in [3.63, 3.8) is 0 Å². The van der Waals surface area contributed by atoms with Crippen molar-refractivity contribution < 1.29 is 14.3 Å². The van der Waals surface area contributed by atoms with Crippen LogP contribution in [0.4, 0.5) is 4.79 Å². The van der Waals surface area contributed by atoms with Gasteiger partial charge in [-0.2, -0.15) is 0 Å². The van der Waals surface area contributed by atoms with Crippen LogP contribution < -0.4 is 15.4 Å². The molecule has 2 N–H and O–H groups in total. The van der Waals surface area contributed by atoms with Gasteiger partial charge in [-0.05, 0) is 44.5 Å². The number of aryl methyl sites for hydroxylation is 1. The minimum atomic E-state index is -0.748. The van der Waals surface area contributed by atoms with Crippen molar-refractivity contribution in [1.29, 1.82) is 0 Å². The second kappa shape index (κ2) is 7.13. The van der Waals surface area contributed by atoms with Crippen molar-refractivity contribution in [1.82, 2.24) is 10.6 Å². The standard InChI is InChI=1S/C13H17BrN2O3/c1-4-15-13(18)16-12(17)9(3)19-11-6-5-10(14)7-8(11)2/h5-7,9H,4H2,1-3H3,(H2,15,16,17,18). The van der Waals surface area contributed by atoms with E-state index in [1.807, 2.05) is 19.1 Å². The SMILES string of the molecule is CCNC(=O)NC(=O)C(C)Oc1ccc(Br)cc1C. The summed E-state index contributed by atoms with van der Waals surface area (Å²) in [6.07, 6.45) is -0.748. The number of urea groups is 1. The molecule has 0 saturated heterocycles. The number of carbonyl (C=O) groups excluding carboxylic acids is 2. The number of halogens is 1. The van der Waals surface area contributed by atoms with E-state index in [0.29, 0.717) is 12.3 Å². The third-order valence-corrected chi connectivity index (χ3v) is 2.88. The average molecular weight is 329 g/mol. The first-order chi connectivity index (χ1) is 8.93. The van der Waals surface area contributed by atoms with Gasteiger partial charge in [0.1, 0.15) is 5.75 Å². The first-order valence-corrected chi connectivity index (χ1v) is 6.74. The summed E-state index contributed by atoms with van der Waals surface area (Å²) in [4.78, 5) is 22.9. The number of ether oxygens (including phenoxy) is 1. The number of hydrogen-bond acceptors (Lipinski definition) is 3. The molecular weight excluding hydrogens is 312 g/mol. The van der Waals surface area contributed by atoms with Gasteiger partial charge in [-0.1, -0.05) is 15.9 Å². The Morgan fingerprint density at radius 2 is 2.11 bits per heavy atom. The first kappa shape index (κ1) is 15.5. The maximum absolute atomic E-state index is 11.7. The quantitative estimate of drug-likeness (QED) is 0.891. The van der Waals surface area contributed by atoms with Crippen LogP contribution in [0.2, 0.25) is 0 Å². The predicted octanol–water partition coefficient (Wildman–Crippen LogP) is 2.37. The summed E-state index contributed by atoms with van der Waals surface area (Å²) in [5, 5.41) is 4.69. The van der Waals surface area contributed by atoms with Crippen molar-refractivity contribution in [3.05, 3.63) is 28.2 Å². The molecule has 0 radical (unpaired) electrons. The summed E-state index contributed by atoms with van der Waals surface area (Å²) in [6.45, 7) is 5.71. The minimum Gasteiger partial charge on any atom is -0.481 e. The van der Waals surface area contributed by atoms with Crippen LogP contribution in [0.1, 0.15) is 19.4 Å². The highest BCUT2D eigenvalue weighted by Gasteiger charge is 2.17. The van der Waals surface area contributed by atoms with Crippen LogP contribution in [-0.4, -0.2) is 24.6 Å². The molecule has 0 aliphatic heterocycles. The maximum atomic E-state index is 11.7. The maximum Gasteiger partial charge on any atom is 0.321 e. The summed E-state index contributed by atoms with van der Waals surface area (Å²) < 4.78 is 6.47. The molecule has 0 aliphatic rings. The fourth-order valence-corrected chi connectivity index (χ4v) is 1.88. The van der Waals surface area contributed by atoms with Gasteiger partial charge in [0.05, 0.1) is 0 Å². The Morgan fingerprint density at radius 3 is 2.68 bits per heavy atom. The minimum absolute atomic E-state index is 0.459. The van der Waals surface area contributed by atoms with Crippen LogP contribution in [0.25, 0.3) is 0 Å². The smallest absolute Gasteiger partial charge is 0.321 e. The third-order valence-electron chi connectivity index (χ3n) is 2.38. The molecule has 3 amide bonds. The van der Waals surface area contributed by atoms with E-state index in [-0.39, 0.29) is 0 Å². The largest absolute Gasteiger partial charge is 0.481 e. The van der Waals surface area contributed by atoms with E-state index in [1.165, 1.54) is 0 Å². The highest BCUT2D eigenvalue weighted by atomic mass is 79.9. The van der Waals surface area contributed by atoms with Crippen LogP contribution in [0.15, 0.2) is 22.7 Å². The lowest BCUT2D eigenvalue weighted by Gasteiger charge is -2.16. The van der Waals surface area contributed by atoms with E-state index in [2.05, 4.69) is 26.6 Å². The molecule has 0 aliphatic carbocycles. The molecule has 0 spiro atoms. The molecule has 1 unspecified atom stereocenters. The Labute approximate surface area is 120 Å². The van der Waals surface area contributed by atoms with Crippen LogP contribution in [-0.2, 0) is 4.79 Å². The number of carbonyl (C=O) groups is 2. The molecule has 104 valence electrons. The lowest BCUT2D eigenvalue weighted by atomic mass is 10.2. The number of amides is 3. The van der Waals surface area contributed by atoms with Crippen molar-refractivity contribution in [2.75, 3.05) is 6.54 Å². The Morgan fingerprint density at radius 1 is 1.42 bits per heavy atom. The molecule has 1 atom stereocenters. The highest BCUT2D eigenvalue weighted by Crippen LogP contribution is 2.23. The van der Waals surface area contributed by atoms with Gasteiger partial charge in [0.2, 0.25) is 0 Å². The molecule has 1 aromatic rings. The zero-order chi connectivity index (χ0) is 14.4. The number of imide groups is 1. The third kappa shape index (κ3) is 4.90. The Kier molecular flexibility index (Phi) is 5.82. The molecule has 0 fully saturated rings. The molecule has 1 rings (SSSR count). The first-order valence-electron chi connectivity index (χ1n) is 5.95. The van der Waals surface area contributed by atoms with Crippen molar-refractivity contribution in [3.8, 4) is 5.75 Å². The molecule has 0 aromatic heterocycles. The lowest BCUT2D eigenvalue weighted by molar-refractivity contribution is -0.126. The molecule has 1 aromatic carbocycles. The van der Waals surface area contributed by atoms with Gasteiger partial charge in [-0.25, -0.2) is 4.79 Å². The number of nitrogens with one attached hydrogen (secondary N) is 2. The van der Waals surface area contributed by atoms with Gasteiger partial charge >= 0.3 is 6.03 Å². The normalized spacial score (nSPS) is 11.6. The number of hydrogen-bond donors (Lipinski definition) is 2. The summed E-state index contributed by atoms with van der Waals surface area (Å²) in [5.74, 6) is 0.134. The fourth-order valence-electron chi connectivity index (χ4n) is 1.41. The van der Waals surface area contributed by atoms with Crippen molar-refractivity contribution in [2.45, 2.75) is 26.9 Å². The number of rotatable bonds is 4. The summed E-state index contributed by atoms with van der Waals surface area (Å²) in [6, 6.07) is 4.98. The lowest BCUT2D eigenvalue weighted by Crippen LogP contribution is -2.45. The van der Waals surface area contributed by atoms with Gasteiger partial charge in [-0.15, -0.1) is 0 Å². The van der Waals surface area contributed by atoms with Crippen molar-refractivity contribution >= 4 is 27.9 Å². The molecule has 19 heavy (non-hydrogen) atoms.